The Labute approximate surface area is 169 Å². The van der Waals surface area contributed by atoms with E-state index >= 15 is 0 Å². The van der Waals surface area contributed by atoms with Crippen LogP contribution >= 0.6 is 0 Å². The monoisotopic (exact) mass is 422 g/mol. The van der Waals surface area contributed by atoms with Crippen molar-refractivity contribution in [3.8, 4) is 5.75 Å². The zero-order valence-corrected chi connectivity index (χ0v) is 15.9. The van der Waals surface area contributed by atoms with Crippen molar-refractivity contribution in [2.24, 2.45) is 0 Å². The lowest BCUT2D eigenvalue weighted by Crippen LogP contribution is -2.46. The third-order valence-electron chi connectivity index (χ3n) is 4.36. The summed E-state index contributed by atoms with van der Waals surface area (Å²) in [7, 11) is 0. The second-order valence-corrected chi connectivity index (χ2v) is 6.84. The minimum Gasteiger partial charge on any atom is -0.406 e. The molecule has 8 nitrogen and oxygen atoms in total. The van der Waals surface area contributed by atoms with Crippen LogP contribution in [0, 0.1) is 0 Å². The summed E-state index contributed by atoms with van der Waals surface area (Å²) in [5.41, 5.74) is -0.271. The van der Waals surface area contributed by atoms with Crippen LogP contribution in [0.5, 0.6) is 5.75 Å². The van der Waals surface area contributed by atoms with E-state index in [1.54, 1.807) is 6.07 Å². The molecule has 30 heavy (non-hydrogen) atoms. The average molecular weight is 422 g/mol. The number of hydrogen-bond acceptors (Lipinski definition) is 5. The van der Waals surface area contributed by atoms with E-state index in [4.69, 9.17) is 0 Å². The van der Waals surface area contributed by atoms with Crippen molar-refractivity contribution in [2.45, 2.75) is 32.2 Å². The summed E-state index contributed by atoms with van der Waals surface area (Å²) in [6.45, 7) is 2.85. The Morgan fingerprint density at radius 2 is 1.90 bits per heavy atom. The van der Waals surface area contributed by atoms with Crippen molar-refractivity contribution in [1.82, 2.24) is 10.3 Å². The van der Waals surface area contributed by atoms with Gasteiger partial charge < -0.3 is 15.4 Å². The highest BCUT2D eigenvalue weighted by molar-refractivity contribution is 6.23. The number of hydrogen-bond donors (Lipinski definition) is 2. The van der Waals surface area contributed by atoms with Gasteiger partial charge in [-0.05, 0) is 42.8 Å². The van der Waals surface area contributed by atoms with Crippen molar-refractivity contribution in [3.05, 3.63) is 48.3 Å². The Morgan fingerprint density at radius 3 is 2.50 bits per heavy atom. The number of amides is 4. The van der Waals surface area contributed by atoms with Crippen LogP contribution in [0.3, 0.4) is 0 Å². The van der Waals surface area contributed by atoms with Crippen LogP contribution in [-0.2, 0) is 16.0 Å². The lowest BCUT2D eigenvalue weighted by molar-refractivity contribution is -0.274. The van der Waals surface area contributed by atoms with Crippen LogP contribution in [0.2, 0.25) is 0 Å². The third-order valence-corrected chi connectivity index (χ3v) is 4.36. The highest BCUT2D eigenvalue weighted by Crippen LogP contribution is 2.31. The van der Waals surface area contributed by atoms with Gasteiger partial charge >= 0.3 is 12.4 Å². The normalized spacial score (nSPS) is 18.9. The molecule has 2 aromatic rings. The smallest absolute Gasteiger partial charge is 0.406 e. The maximum atomic E-state index is 13.0. The highest BCUT2D eigenvalue weighted by Gasteiger charge is 2.48. The molecule has 2 heterocycles. The zero-order chi connectivity index (χ0) is 22.1. The van der Waals surface area contributed by atoms with Crippen molar-refractivity contribution >= 4 is 29.2 Å². The number of carbonyl (C=O) groups is 3. The Hall–Kier alpha value is -3.63. The minimum absolute atomic E-state index is 0.0570. The number of nitrogens with one attached hydrogen (secondary N) is 2. The first-order valence-corrected chi connectivity index (χ1v) is 8.71. The van der Waals surface area contributed by atoms with E-state index in [1.165, 1.54) is 38.4 Å². The van der Waals surface area contributed by atoms with Gasteiger partial charge in [-0.25, -0.2) is 9.69 Å². The molecular formula is C19H17F3N4O4. The molecule has 2 N–H and O–H groups in total. The van der Waals surface area contributed by atoms with Crippen LogP contribution in [-0.4, -0.2) is 34.7 Å². The molecule has 1 aliphatic heterocycles. The first-order valence-electron chi connectivity index (χ1n) is 8.71. The summed E-state index contributed by atoms with van der Waals surface area (Å²) in [4.78, 5) is 41.7. The van der Waals surface area contributed by atoms with Crippen molar-refractivity contribution < 1.29 is 32.3 Å². The third kappa shape index (κ3) is 4.50. The number of halogens is 3. The SMILES string of the molecule is CC(=O)Nc1cnccc1CC1(C)NC(=O)N(c2ccc(OC(F)(F)F)cc2)C1=O. The molecular weight excluding hydrogens is 405 g/mol. The van der Waals surface area contributed by atoms with Gasteiger partial charge in [0.05, 0.1) is 17.6 Å². The number of carbonyl (C=O) groups excluding carboxylic acids is 3. The number of rotatable bonds is 5. The number of nitrogens with zero attached hydrogens (tertiary/aromatic N) is 2. The summed E-state index contributed by atoms with van der Waals surface area (Å²) in [6.07, 6.45) is -1.88. The fourth-order valence-electron chi connectivity index (χ4n) is 3.10. The summed E-state index contributed by atoms with van der Waals surface area (Å²) >= 11 is 0. The van der Waals surface area contributed by atoms with Gasteiger partial charge in [0.2, 0.25) is 5.91 Å². The molecule has 1 fully saturated rings. The van der Waals surface area contributed by atoms with Gasteiger partial charge in [0.1, 0.15) is 11.3 Å². The molecule has 158 valence electrons. The Morgan fingerprint density at radius 1 is 1.23 bits per heavy atom. The Kier molecular flexibility index (Phi) is 5.38. The standard InChI is InChI=1S/C19H17F3N4O4/c1-11(27)24-15-10-23-8-7-12(15)9-18(2)16(28)26(17(29)25-18)13-3-5-14(6-4-13)30-19(20,21)22/h3-8,10H,9H2,1-2H3,(H,24,27)(H,25,29). The lowest BCUT2D eigenvalue weighted by atomic mass is 9.92. The number of aromatic nitrogens is 1. The topological polar surface area (TPSA) is 101 Å². The molecule has 1 aromatic carbocycles. The van der Waals surface area contributed by atoms with E-state index < -0.39 is 29.6 Å². The van der Waals surface area contributed by atoms with Gasteiger partial charge in [-0.2, -0.15) is 0 Å². The number of benzene rings is 1. The first-order chi connectivity index (χ1) is 14.0. The number of pyridine rings is 1. The van der Waals surface area contributed by atoms with Gasteiger partial charge in [0.15, 0.2) is 0 Å². The largest absolute Gasteiger partial charge is 0.573 e. The molecule has 0 radical (unpaired) electrons. The highest BCUT2D eigenvalue weighted by atomic mass is 19.4. The maximum Gasteiger partial charge on any atom is 0.573 e. The van der Waals surface area contributed by atoms with Gasteiger partial charge in [0.25, 0.3) is 5.91 Å². The van der Waals surface area contributed by atoms with Crippen LogP contribution in [0.1, 0.15) is 19.4 Å². The lowest BCUT2D eigenvalue weighted by Gasteiger charge is -2.23. The van der Waals surface area contributed by atoms with Gasteiger partial charge in [-0.3, -0.25) is 14.6 Å². The molecule has 0 aliphatic carbocycles. The Bertz CT molecular complexity index is 994. The van der Waals surface area contributed by atoms with E-state index in [-0.39, 0.29) is 18.0 Å². The minimum atomic E-state index is -4.85. The predicted molar refractivity (Wildman–Crippen MR) is 99.8 cm³/mol. The van der Waals surface area contributed by atoms with E-state index in [2.05, 4.69) is 20.4 Å². The summed E-state index contributed by atoms with van der Waals surface area (Å²) in [5.74, 6) is -1.39. The van der Waals surface area contributed by atoms with Crippen molar-refractivity contribution in [2.75, 3.05) is 10.2 Å². The number of alkyl halides is 3. The molecule has 4 amide bonds. The summed E-state index contributed by atoms with van der Waals surface area (Å²) in [6, 6.07) is 5.27. The molecule has 0 bridgehead atoms. The molecule has 11 heteroatoms. The zero-order valence-electron chi connectivity index (χ0n) is 15.9. The quantitative estimate of drug-likeness (QED) is 0.722. The van der Waals surface area contributed by atoms with Gasteiger partial charge in [-0.1, -0.05) is 0 Å². The first kappa shape index (κ1) is 21.1. The van der Waals surface area contributed by atoms with Gasteiger partial charge in [-0.15, -0.1) is 13.2 Å². The van der Waals surface area contributed by atoms with Crippen LogP contribution in [0.15, 0.2) is 42.7 Å². The second-order valence-electron chi connectivity index (χ2n) is 6.84. The molecule has 0 spiro atoms. The average Bonchev–Trinajstić information content (AvgIpc) is 2.85. The van der Waals surface area contributed by atoms with Crippen LogP contribution < -0.4 is 20.3 Å². The van der Waals surface area contributed by atoms with E-state index in [9.17, 15) is 27.6 Å². The van der Waals surface area contributed by atoms with Crippen molar-refractivity contribution in [3.63, 3.8) is 0 Å². The number of urea groups is 1. The number of anilines is 2. The molecule has 1 saturated heterocycles. The number of imide groups is 1. The summed E-state index contributed by atoms with van der Waals surface area (Å²) in [5, 5.41) is 5.22. The Balaban J connectivity index is 1.83. The van der Waals surface area contributed by atoms with E-state index in [1.807, 2.05) is 0 Å². The molecule has 1 aromatic heterocycles. The van der Waals surface area contributed by atoms with Crippen LogP contribution in [0.4, 0.5) is 29.3 Å². The molecule has 0 saturated carbocycles. The maximum absolute atomic E-state index is 13.0. The molecule has 1 atom stereocenters. The molecule has 3 rings (SSSR count). The van der Waals surface area contributed by atoms with E-state index in [0.717, 1.165) is 17.0 Å². The predicted octanol–water partition coefficient (Wildman–Crippen LogP) is 3.00. The summed E-state index contributed by atoms with van der Waals surface area (Å²) < 4.78 is 40.7. The fraction of sp³-hybridized carbons (Fsp3) is 0.263. The molecule has 1 unspecified atom stereocenters. The van der Waals surface area contributed by atoms with Gasteiger partial charge in [0, 0.05) is 19.5 Å². The number of ether oxygens (including phenoxy) is 1. The fourth-order valence-corrected chi connectivity index (χ4v) is 3.10. The van der Waals surface area contributed by atoms with Crippen LogP contribution in [0.25, 0.3) is 0 Å². The van der Waals surface area contributed by atoms with E-state index in [0.29, 0.717) is 11.3 Å². The second kappa shape index (κ2) is 7.65. The van der Waals surface area contributed by atoms with Crippen molar-refractivity contribution in [1.29, 1.82) is 0 Å². The molecule has 1 aliphatic rings.